The lowest BCUT2D eigenvalue weighted by molar-refractivity contribution is -0.134. The molecule has 25 heavy (non-hydrogen) atoms. The molecule has 4 nitrogen and oxygen atoms in total. The summed E-state index contributed by atoms with van der Waals surface area (Å²) in [5, 5.41) is 27.3. The molecule has 2 atom stereocenters. The molecular weight excluding hydrogens is 316 g/mol. The monoisotopic (exact) mass is 358 g/mol. The molecule has 0 aromatic carbocycles. The molecule has 3 N–H and O–H groups in total. The molecule has 0 saturated heterocycles. The summed E-state index contributed by atoms with van der Waals surface area (Å²) in [6.45, 7) is 1.68. The summed E-state index contributed by atoms with van der Waals surface area (Å²) in [6, 6.07) is 0. The number of rotatable bonds is 19. The second-order valence-corrected chi connectivity index (χ2v) is 7.36. The number of hydrogen-bond donors (Lipinski definition) is 3. The lowest BCUT2D eigenvalue weighted by Crippen LogP contribution is -2.36. The normalized spacial score (nSPS) is 13.8. The Hall–Kier alpha value is -0.450. The standard InChI is InChI=1S/C21H42O4/c1-2-3-4-5-6-7-8-9-10-11-12-13-14-15-16-17-19(23)21(25)20(24)18-22/h20-22,24-25H,2-18H2,1H3/t20-,21?/m0/s1. The SMILES string of the molecule is CCCCCCCCCCCCCCCCCC(=O)C(O)[C@@H](O)CO. The van der Waals surface area contributed by atoms with E-state index in [1.54, 1.807) is 0 Å². The van der Waals surface area contributed by atoms with Crippen molar-refractivity contribution in [1.29, 1.82) is 0 Å². The summed E-state index contributed by atoms with van der Waals surface area (Å²) in [4.78, 5) is 11.6. The molecular formula is C21H42O4. The Morgan fingerprint density at radius 1 is 0.680 bits per heavy atom. The van der Waals surface area contributed by atoms with Crippen molar-refractivity contribution >= 4 is 5.78 Å². The second-order valence-electron chi connectivity index (χ2n) is 7.36. The minimum Gasteiger partial charge on any atom is -0.394 e. The van der Waals surface area contributed by atoms with Crippen molar-refractivity contribution < 1.29 is 20.1 Å². The number of carbonyl (C=O) groups is 1. The van der Waals surface area contributed by atoms with Crippen molar-refractivity contribution in [3.05, 3.63) is 0 Å². The zero-order valence-corrected chi connectivity index (χ0v) is 16.4. The van der Waals surface area contributed by atoms with Crippen molar-refractivity contribution in [2.75, 3.05) is 6.61 Å². The number of carbonyl (C=O) groups excluding carboxylic acids is 1. The van der Waals surface area contributed by atoms with Gasteiger partial charge in [0.15, 0.2) is 5.78 Å². The van der Waals surface area contributed by atoms with Crippen molar-refractivity contribution in [2.24, 2.45) is 0 Å². The summed E-state index contributed by atoms with van der Waals surface area (Å²) in [5.74, 6) is -0.365. The number of Topliss-reactive ketones (excluding diaryl/α,β-unsaturated/α-hetero) is 1. The molecule has 0 aliphatic heterocycles. The molecule has 0 radical (unpaired) electrons. The molecule has 0 aromatic heterocycles. The van der Waals surface area contributed by atoms with Gasteiger partial charge < -0.3 is 15.3 Å². The van der Waals surface area contributed by atoms with Gasteiger partial charge in [0.2, 0.25) is 0 Å². The first-order valence-electron chi connectivity index (χ1n) is 10.6. The van der Waals surface area contributed by atoms with E-state index in [0.717, 1.165) is 19.3 Å². The molecule has 0 heterocycles. The van der Waals surface area contributed by atoms with Gasteiger partial charge in [-0.3, -0.25) is 4.79 Å². The summed E-state index contributed by atoms with van der Waals surface area (Å²) in [7, 11) is 0. The molecule has 0 saturated carbocycles. The van der Waals surface area contributed by atoms with Crippen molar-refractivity contribution in [2.45, 2.75) is 122 Å². The molecule has 0 fully saturated rings. The molecule has 0 amide bonds. The predicted octanol–water partition coefficient (Wildman–Crippen LogP) is 4.53. The summed E-state index contributed by atoms with van der Waals surface area (Å²) < 4.78 is 0. The van der Waals surface area contributed by atoms with Crippen LogP contribution in [0.1, 0.15) is 110 Å². The zero-order valence-electron chi connectivity index (χ0n) is 16.4. The lowest BCUT2D eigenvalue weighted by atomic mass is 10.0. The van der Waals surface area contributed by atoms with Gasteiger partial charge in [-0.15, -0.1) is 0 Å². The highest BCUT2D eigenvalue weighted by Gasteiger charge is 2.22. The van der Waals surface area contributed by atoms with E-state index < -0.39 is 18.8 Å². The van der Waals surface area contributed by atoms with E-state index in [4.69, 9.17) is 5.11 Å². The molecule has 0 bridgehead atoms. The summed E-state index contributed by atoms with van der Waals surface area (Å²) in [5.41, 5.74) is 0. The third kappa shape index (κ3) is 15.5. The molecule has 0 aliphatic carbocycles. The van der Waals surface area contributed by atoms with Crippen LogP contribution < -0.4 is 0 Å². The van der Waals surface area contributed by atoms with Crippen LogP contribution in [-0.4, -0.2) is 39.9 Å². The van der Waals surface area contributed by atoms with Crippen molar-refractivity contribution in [3.63, 3.8) is 0 Å². The first kappa shape index (κ1) is 24.6. The number of hydrogen-bond acceptors (Lipinski definition) is 4. The van der Waals surface area contributed by atoms with Crippen LogP contribution in [0.5, 0.6) is 0 Å². The molecule has 0 rings (SSSR count). The molecule has 4 heteroatoms. The molecule has 0 spiro atoms. The fourth-order valence-electron chi connectivity index (χ4n) is 3.13. The minimum atomic E-state index is -1.43. The van der Waals surface area contributed by atoms with Gasteiger partial charge in [0.1, 0.15) is 12.2 Å². The highest BCUT2D eigenvalue weighted by atomic mass is 16.4. The topological polar surface area (TPSA) is 77.8 Å². The highest BCUT2D eigenvalue weighted by Crippen LogP contribution is 2.14. The van der Waals surface area contributed by atoms with Gasteiger partial charge in [0.25, 0.3) is 0 Å². The van der Waals surface area contributed by atoms with Crippen LogP contribution >= 0.6 is 0 Å². The highest BCUT2D eigenvalue weighted by molar-refractivity contribution is 5.83. The first-order valence-corrected chi connectivity index (χ1v) is 10.6. The van der Waals surface area contributed by atoms with E-state index >= 15 is 0 Å². The number of ketones is 1. The van der Waals surface area contributed by atoms with Gasteiger partial charge in [-0.25, -0.2) is 0 Å². The average molecular weight is 359 g/mol. The third-order valence-electron chi connectivity index (χ3n) is 4.91. The Morgan fingerprint density at radius 2 is 1.04 bits per heavy atom. The van der Waals surface area contributed by atoms with Crippen LogP contribution in [0, 0.1) is 0 Å². The maximum absolute atomic E-state index is 11.6. The molecule has 0 aliphatic rings. The van der Waals surface area contributed by atoms with E-state index in [0.29, 0.717) is 0 Å². The number of aliphatic hydroxyl groups is 3. The Kier molecular flexibility index (Phi) is 18.0. The van der Waals surface area contributed by atoms with Gasteiger partial charge in [0.05, 0.1) is 6.61 Å². The quantitative estimate of drug-likeness (QED) is 0.296. The van der Waals surface area contributed by atoms with Gasteiger partial charge in [-0.2, -0.15) is 0 Å². The lowest BCUT2D eigenvalue weighted by Gasteiger charge is -2.13. The van der Waals surface area contributed by atoms with E-state index in [-0.39, 0.29) is 12.2 Å². The van der Waals surface area contributed by atoms with Crippen LogP contribution in [0.25, 0.3) is 0 Å². The van der Waals surface area contributed by atoms with Crippen LogP contribution in [0.15, 0.2) is 0 Å². The van der Waals surface area contributed by atoms with Crippen molar-refractivity contribution in [3.8, 4) is 0 Å². The summed E-state index contributed by atoms with van der Waals surface area (Å²) in [6.07, 6.45) is 16.6. The fraction of sp³-hybridized carbons (Fsp3) is 0.952. The smallest absolute Gasteiger partial charge is 0.164 e. The molecule has 1 unspecified atom stereocenters. The van der Waals surface area contributed by atoms with Crippen LogP contribution in [0.4, 0.5) is 0 Å². The third-order valence-corrected chi connectivity index (χ3v) is 4.91. The summed E-state index contributed by atoms with van der Waals surface area (Å²) >= 11 is 0. The maximum Gasteiger partial charge on any atom is 0.164 e. The van der Waals surface area contributed by atoms with Gasteiger partial charge in [-0.05, 0) is 6.42 Å². The van der Waals surface area contributed by atoms with E-state index in [9.17, 15) is 15.0 Å². The fourth-order valence-corrected chi connectivity index (χ4v) is 3.13. The Labute approximate surface area is 155 Å². The van der Waals surface area contributed by atoms with Crippen LogP contribution in [0.2, 0.25) is 0 Å². The Bertz CT molecular complexity index is 294. The van der Waals surface area contributed by atoms with Crippen LogP contribution in [0.3, 0.4) is 0 Å². The largest absolute Gasteiger partial charge is 0.394 e. The molecule has 150 valence electrons. The zero-order chi connectivity index (χ0) is 18.8. The number of aliphatic hydroxyl groups excluding tert-OH is 3. The van der Waals surface area contributed by atoms with Gasteiger partial charge >= 0.3 is 0 Å². The van der Waals surface area contributed by atoms with E-state index in [1.807, 2.05) is 0 Å². The minimum absolute atomic E-state index is 0.288. The van der Waals surface area contributed by atoms with Crippen LogP contribution in [-0.2, 0) is 4.79 Å². The Balaban J connectivity index is 3.22. The van der Waals surface area contributed by atoms with E-state index in [2.05, 4.69) is 6.92 Å². The Morgan fingerprint density at radius 3 is 1.40 bits per heavy atom. The number of unbranched alkanes of at least 4 members (excludes halogenated alkanes) is 14. The second kappa shape index (κ2) is 18.3. The van der Waals surface area contributed by atoms with E-state index in [1.165, 1.54) is 77.0 Å². The maximum atomic E-state index is 11.6. The average Bonchev–Trinajstić information content (AvgIpc) is 2.63. The van der Waals surface area contributed by atoms with Gasteiger partial charge in [0, 0.05) is 6.42 Å². The predicted molar refractivity (Wildman–Crippen MR) is 104 cm³/mol. The molecule has 0 aromatic rings. The first-order chi connectivity index (χ1) is 12.1. The van der Waals surface area contributed by atoms with Crippen molar-refractivity contribution in [1.82, 2.24) is 0 Å². The van der Waals surface area contributed by atoms with Gasteiger partial charge in [-0.1, -0.05) is 96.8 Å².